The number of hydrogen-bond donors (Lipinski definition) is 0. The van der Waals surface area contributed by atoms with E-state index in [-0.39, 0.29) is 0 Å². The van der Waals surface area contributed by atoms with Gasteiger partial charge in [-0.05, 0) is 43.9 Å². The highest BCUT2D eigenvalue weighted by Crippen LogP contribution is 2.19. The van der Waals surface area contributed by atoms with Crippen LogP contribution in [0.3, 0.4) is 0 Å². The zero-order chi connectivity index (χ0) is 12.8. The second kappa shape index (κ2) is 6.01. The highest BCUT2D eigenvalue weighted by molar-refractivity contribution is 7.94. The van der Waals surface area contributed by atoms with Gasteiger partial charge in [0.15, 0.2) is 9.84 Å². The van der Waals surface area contributed by atoms with E-state index in [9.17, 15) is 8.42 Å². The fraction of sp³-hybridized carbons (Fsp3) is 0.333. The van der Waals surface area contributed by atoms with E-state index in [0.717, 1.165) is 24.8 Å². The monoisotopic (exact) mass is 262 g/mol. The molecule has 0 radical (unpaired) electrons. The fourth-order valence-corrected chi connectivity index (χ4v) is 3.10. The SMILES string of the molecule is O=S(=O)(/C=C/C1=CCCCCC1)c1ccccc1. The fourth-order valence-electron chi connectivity index (χ4n) is 2.06. The Morgan fingerprint density at radius 1 is 1.00 bits per heavy atom. The van der Waals surface area contributed by atoms with Crippen LogP contribution >= 0.6 is 0 Å². The minimum absolute atomic E-state index is 0.357. The van der Waals surface area contributed by atoms with Crippen molar-refractivity contribution < 1.29 is 8.42 Å². The maximum absolute atomic E-state index is 12.0. The Hall–Kier alpha value is -1.35. The molecular weight excluding hydrogens is 244 g/mol. The molecule has 1 aromatic carbocycles. The lowest BCUT2D eigenvalue weighted by Crippen LogP contribution is -1.95. The number of sulfone groups is 1. The van der Waals surface area contributed by atoms with Crippen molar-refractivity contribution in [2.75, 3.05) is 0 Å². The Morgan fingerprint density at radius 3 is 2.56 bits per heavy atom. The van der Waals surface area contributed by atoms with Crippen LogP contribution in [0.1, 0.15) is 32.1 Å². The zero-order valence-electron chi connectivity index (χ0n) is 10.4. The van der Waals surface area contributed by atoms with E-state index < -0.39 is 9.84 Å². The summed E-state index contributed by atoms with van der Waals surface area (Å²) in [6.07, 6.45) is 9.56. The predicted molar refractivity (Wildman–Crippen MR) is 73.9 cm³/mol. The van der Waals surface area contributed by atoms with Gasteiger partial charge in [0.1, 0.15) is 0 Å². The molecule has 1 aliphatic rings. The van der Waals surface area contributed by atoms with Gasteiger partial charge in [-0.3, -0.25) is 0 Å². The number of allylic oxidation sites excluding steroid dienone is 3. The molecule has 0 aromatic heterocycles. The summed E-state index contributed by atoms with van der Waals surface area (Å²) in [5, 5.41) is 1.33. The van der Waals surface area contributed by atoms with Gasteiger partial charge in [-0.15, -0.1) is 0 Å². The molecule has 0 amide bonds. The maximum atomic E-state index is 12.0. The summed E-state index contributed by atoms with van der Waals surface area (Å²) >= 11 is 0. The van der Waals surface area contributed by atoms with Crippen molar-refractivity contribution in [3.8, 4) is 0 Å². The summed E-state index contributed by atoms with van der Waals surface area (Å²) in [5.74, 6) is 0. The molecule has 0 saturated carbocycles. The minimum atomic E-state index is -3.29. The molecule has 0 aliphatic heterocycles. The molecule has 0 saturated heterocycles. The molecule has 1 aliphatic carbocycles. The quantitative estimate of drug-likeness (QED) is 0.828. The topological polar surface area (TPSA) is 34.1 Å². The van der Waals surface area contributed by atoms with Crippen molar-refractivity contribution in [3.05, 3.63) is 53.5 Å². The smallest absolute Gasteiger partial charge is 0.199 e. The molecule has 3 heteroatoms. The standard InChI is InChI=1S/C15H18O2S/c16-18(17,15-10-6-3-7-11-15)13-12-14-8-4-1-2-5-9-14/h3,6-8,10-13H,1-2,4-5,9H2/b13-12+. The number of benzene rings is 1. The van der Waals surface area contributed by atoms with E-state index in [2.05, 4.69) is 6.08 Å². The van der Waals surface area contributed by atoms with Crippen molar-refractivity contribution in [1.82, 2.24) is 0 Å². The van der Waals surface area contributed by atoms with Gasteiger partial charge in [0, 0.05) is 5.41 Å². The second-order valence-corrected chi connectivity index (χ2v) is 6.37. The van der Waals surface area contributed by atoms with Crippen molar-refractivity contribution in [2.24, 2.45) is 0 Å². The molecule has 0 spiro atoms. The Kier molecular flexibility index (Phi) is 4.37. The lowest BCUT2D eigenvalue weighted by molar-refractivity contribution is 0.604. The molecule has 0 bridgehead atoms. The van der Waals surface area contributed by atoms with E-state index in [4.69, 9.17) is 0 Å². The molecule has 2 nitrogen and oxygen atoms in total. The predicted octanol–water partition coefficient (Wildman–Crippen LogP) is 3.86. The summed E-state index contributed by atoms with van der Waals surface area (Å²) in [7, 11) is -3.29. The highest BCUT2D eigenvalue weighted by atomic mass is 32.2. The van der Waals surface area contributed by atoms with Crippen molar-refractivity contribution in [3.63, 3.8) is 0 Å². The maximum Gasteiger partial charge on any atom is 0.199 e. The molecular formula is C15H18O2S. The first-order chi connectivity index (χ1) is 8.68. The Balaban J connectivity index is 2.15. The van der Waals surface area contributed by atoms with Crippen LogP contribution in [0.15, 0.2) is 58.4 Å². The molecule has 0 fully saturated rings. The molecule has 0 unspecified atom stereocenters. The van der Waals surface area contributed by atoms with Gasteiger partial charge >= 0.3 is 0 Å². The van der Waals surface area contributed by atoms with Crippen LogP contribution in [0.2, 0.25) is 0 Å². The highest BCUT2D eigenvalue weighted by Gasteiger charge is 2.09. The first-order valence-electron chi connectivity index (χ1n) is 6.36. The van der Waals surface area contributed by atoms with Gasteiger partial charge < -0.3 is 0 Å². The van der Waals surface area contributed by atoms with Gasteiger partial charge in [-0.1, -0.05) is 36.3 Å². The molecule has 1 aromatic rings. The van der Waals surface area contributed by atoms with Gasteiger partial charge in [0.05, 0.1) is 4.90 Å². The summed E-state index contributed by atoms with van der Waals surface area (Å²) in [6, 6.07) is 8.55. The van der Waals surface area contributed by atoms with Crippen LogP contribution in [0.5, 0.6) is 0 Å². The van der Waals surface area contributed by atoms with Crippen LogP contribution in [-0.4, -0.2) is 8.42 Å². The minimum Gasteiger partial charge on any atom is -0.219 e. The van der Waals surface area contributed by atoms with E-state index in [0.29, 0.717) is 4.90 Å². The zero-order valence-corrected chi connectivity index (χ0v) is 11.2. The van der Waals surface area contributed by atoms with Crippen molar-refractivity contribution in [1.29, 1.82) is 0 Å². The van der Waals surface area contributed by atoms with Crippen LogP contribution in [0.4, 0.5) is 0 Å². The summed E-state index contributed by atoms with van der Waals surface area (Å²) in [4.78, 5) is 0.357. The molecule has 0 heterocycles. The number of hydrogen-bond acceptors (Lipinski definition) is 2. The van der Waals surface area contributed by atoms with Crippen molar-refractivity contribution >= 4 is 9.84 Å². The largest absolute Gasteiger partial charge is 0.219 e. The molecule has 0 N–H and O–H groups in total. The third-order valence-electron chi connectivity index (χ3n) is 3.11. The Morgan fingerprint density at radius 2 is 1.78 bits per heavy atom. The van der Waals surface area contributed by atoms with Crippen LogP contribution in [0, 0.1) is 0 Å². The summed E-state index contributed by atoms with van der Waals surface area (Å²) in [5.41, 5.74) is 1.15. The molecule has 0 atom stereocenters. The van der Waals surface area contributed by atoms with E-state index in [1.54, 1.807) is 30.3 Å². The average Bonchev–Trinajstić information content (AvgIpc) is 2.66. The van der Waals surface area contributed by atoms with E-state index in [1.165, 1.54) is 18.2 Å². The lowest BCUT2D eigenvalue weighted by atomic mass is 10.1. The third-order valence-corrected chi connectivity index (χ3v) is 4.53. The average molecular weight is 262 g/mol. The van der Waals surface area contributed by atoms with Gasteiger partial charge in [0.25, 0.3) is 0 Å². The Bertz CT molecular complexity index is 539. The van der Waals surface area contributed by atoms with Crippen LogP contribution in [-0.2, 0) is 9.84 Å². The van der Waals surface area contributed by atoms with Crippen molar-refractivity contribution in [2.45, 2.75) is 37.0 Å². The summed E-state index contributed by atoms with van der Waals surface area (Å²) in [6.45, 7) is 0. The number of rotatable bonds is 3. The second-order valence-electron chi connectivity index (χ2n) is 4.54. The lowest BCUT2D eigenvalue weighted by Gasteiger charge is -2.00. The molecule has 2 rings (SSSR count). The normalized spacial score (nSPS) is 17.4. The Labute approximate surface area is 109 Å². The van der Waals surface area contributed by atoms with E-state index >= 15 is 0 Å². The summed E-state index contributed by atoms with van der Waals surface area (Å²) < 4.78 is 24.1. The van der Waals surface area contributed by atoms with Crippen LogP contribution in [0.25, 0.3) is 0 Å². The van der Waals surface area contributed by atoms with Gasteiger partial charge in [0.2, 0.25) is 0 Å². The van der Waals surface area contributed by atoms with Crippen LogP contribution < -0.4 is 0 Å². The third kappa shape index (κ3) is 3.57. The first kappa shape index (κ1) is 13.1. The van der Waals surface area contributed by atoms with Gasteiger partial charge in [-0.2, -0.15) is 0 Å². The first-order valence-corrected chi connectivity index (χ1v) is 7.90. The molecule has 18 heavy (non-hydrogen) atoms. The van der Waals surface area contributed by atoms with E-state index in [1.807, 2.05) is 6.07 Å². The van der Waals surface area contributed by atoms with Gasteiger partial charge in [-0.25, -0.2) is 8.42 Å². The molecule has 96 valence electrons.